The van der Waals surface area contributed by atoms with Crippen LogP contribution in [0.15, 0.2) is 59.6 Å². The molecule has 0 bridgehead atoms. The molecule has 220 valence electrons. The number of amides is 2. The van der Waals surface area contributed by atoms with Crippen molar-refractivity contribution in [3.8, 4) is 23.4 Å². The SMILES string of the molecule is COc1ccc(S(=O)(=O)N2C(=O)[C@](c3cccnc3OC)(N(C)C(C)C(=O)N(C)C)c3cc(C#N)ccc32)c(OC)c1. The highest BCUT2D eigenvalue weighted by Crippen LogP contribution is 2.53. The van der Waals surface area contributed by atoms with Gasteiger partial charge in [-0.3, -0.25) is 14.5 Å². The molecule has 2 heterocycles. The first-order valence-corrected chi connectivity index (χ1v) is 14.2. The number of pyridine rings is 1. The number of aromatic nitrogens is 1. The van der Waals surface area contributed by atoms with Gasteiger partial charge in [0.2, 0.25) is 11.8 Å². The second-order valence-electron chi connectivity index (χ2n) is 9.73. The molecule has 1 unspecified atom stereocenters. The average molecular weight is 594 g/mol. The summed E-state index contributed by atoms with van der Waals surface area (Å²) in [6.45, 7) is 1.61. The van der Waals surface area contributed by atoms with E-state index in [1.165, 1.54) is 73.7 Å². The van der Waals surface area contributed by atoms with Crippen molar-refractivity contribution in [2.24, 2.45) is 0 Å². The van der Waals surface area contributed by atoms with E-state index in [2.05, 4.69) is 11.1 Å². The van der Waals surface area contributed by atoms with Crippen molar-refractivity contribution in [1.82, 2.24) is 14.8 Å². The Bertz CT molecular complexity index is 1700. The van der Waals surface area contributed by atoms with Crippen molar-refractivity contribution in [3.05, 3.63) is 71.4 Å². The third kappa shape index (κ3) is 4.49. The van der Waals surface area contributed by atoms with Crippen LogP contribution in [-0.2, 0) is 25.2 Å². The normalized spacial score (nSPS) is 16.9. The summed E-state index contributed by atoms with van der Waals surface area (Å²) in [6.07, 6.45) is 1.47. The van der Waals surface area contributed by atoms with Crippen LogP contribution in [0.2, 0.25) is 0 Å². The molecule has 1 aromatic heterocycles. The molecule has 0 N–H and O–H groups in total. The Balaban J connectivity index is 2.13. The number of hydrogen-bond donors (Lipinski definition) is 0. The number of hydrogen-bond acceptors (Lipinski definition) is 10. The van der Waals surface area contributed by atoms with E-state index >= 15 is 0 Å². The number of methoxy groups -OCH3 is 3. The summed E-state index contributed by atoms with van der Waals surface area (Å²) in [4.78, 5) is 35.1. The summed E-state index contributed by atoms with van der Waals surface area (Å²) in [5, 5.41) is 9.80. The first kappa shape index (κ1) is 30.3. The van der Waals surface area contributed by atoms with Gasteiger partial charge >= 0.3 is 0 Å². The number of carbonyl (C=O) groups excluding carboxylic acids is 2. The molecule has 12 nitrogen and oxygen atoms in total. The van der Waals surface area contributed by atoms with Crippen LogP contribution in [0.1, 0.15) is 23.6 Å². The van der Waals surface area contributed by atoms with Gasteiger partial charge in [0.15, 0.2) is 5.54 Å². The molecule has 0 saturated heterocycles. The molecule has 0 radical (unpaired) electrons. The van der Waals surface area contributed by atoms with E-state index < -0.39 is 27.5 Å². The lowest BCUT2D eigenvalue weighted by Gasteiger charge is -2.41. The van der Waals surface area contributed by atoms with Crippen molar-refractivity contribution in [3.63, 3.8) is 0 Å². The van der Waals surface area contributed by atoms with Crippen LogP contribution in [0.3, 0.4) is 0 Å². The Hall–Kier alpha value is -4.67. The van der Waals surface area contributed by atoms with Crippen LogP contribution in [0.5, 0.6) is 17.4 Å². The minimum Gasteiger partial charge on any atom is -0.497 e. The molecular formula is C29H31N5O7S. The van der Waals surface area contributed by atoms with Crippen LogP contribution in [0, 0.1) is 11.3 Å². The second kappa shape index (κ2) is 11.3. The van der Waals surface area contributed by atoms with Crippen molar-refractivity contribution >= 4 is 27.5 Å². The number of ether oxygens (including phenoxy) is 3. The summed E-state index contributed by atoms with van der Waals surface area (Å²) in [6, 6.07) is 12.7. The lowest BCUT2D eigenvalue weighted by Crippen LogP contribution is -2.59. The van der Waals surface area contributed by atoms with Gasteiger partial charge in [-0.15, -0.1) is 0 Å². The molecule has 2 amide bonds. The molecule has 4 rings (SSSR count). The average Bonchev–Trinajstić information content (AvgIpc) is 3.27. The third-order valence-corrected chi connectivity index (χ3v) is 9.12. The largest absolute Gasteiger partial charge is 0.497 e. The van der Waals surface area contributed by atoms with Crippen molar-refractivity contribution in [1.29, 1.82) is 5.26 Å². The summed E-state index contributed by atoms with van der Waals surface area (Å²) in [5.41, 5.74) is -1.43. The Kier molecular flexibility index (Phi) is 8.15. The van der Waals surface area contributed by atoms with E-state index in [1.807, 2.05) is 0 Å². The fraction of sp³-hybridized carbons (Fsp3) is 0.310. The standard InChI is InChI=1S/C29H31N5O7S/c1-18(27(35)32(2)3)33(4)29(21-9-8-14-31-26(21)41-7)22-15-19(17-30)10-12-23(22)34(28(29)36)42(37,38)25-13-11-20(39-5)16-24(25)40-6/h8-16,18H,1-7H3/t18?,29-/m1/s1. The lowest BCUT2D eigenvalue weighted by atomic mass is 9.81. The molecule has 0 aliphatic carbocycles. The molecule has 2 atom stereocenters. The van der Waals surface area contributed by atoms with Gasteiger partial charge in [0.05, 0.1) is 44.7 Å². The topological polar surface area (TPSA) is 142 Å². The first-order chi connectivity index (χ1) is 19.9. The minimum atomic E-state index is -4.65. The molecule has 0 spiro atoms. The predicted molar refractivity (Wildman–Crippen MR) is 153 cm³/mol. The van der Waals surface area contributed by atoms with Gasteiger partial charge < -0.3 is 19.1 Å². The van der Waals surface area contributed by atoms with Crippen LogP contribution in [0.25, 0.3) is 0 Å². The van der Waals surface area contributed by atoms with E-state index in [1.54, 1.807) is 40.2 Å². The van der Waals surface area contributed by atoms with Crippen molar-refractivity contribution < 1.29 is 32.2 Å². The Labute approximate surface area is 244 Å². The van der Waals surface area contributed by atoms with Gasteiger partial charge in [0.1, 0.15) is 16.4 Å². The number of nitriles is 1. The summed E-state index contributed by atoms with van der Waals surface area (Å²) < 4.78 is 45.7. The number of rotatable bonds is 9. The number of benzene rings is 2. The highest BCUT2D eigenvalue weighted by molar-refractivity contribution is 7.93. The molecule has 1 aliphatic heterocycles. The maximum absolute atomic E-state index is 15.0. The first-order valence-electron chi connectivity index (χ1n) is 12.7. The Morgan fingerprint density at radius 3 is 2.33 bits per heavy atom. The van der Waals surface area contributed by atoms with Gasteiger partial charge in [-0.1, -0.05) is 0 Å². The summed E-state index contributed by atoms with van der Waals surface area (Å²) >= 11 is 0. The molecule has 0 saturated carbocycles. The van der Waals surface area contributed by atoms with Gasteiger partial charge in [-0.2, -0.15) is 5.26 Å². The quantitative estimate of drug-likeness (QED) is 0.363. The van der Waals surface area contributed by atoms with Crippen LogP contribution in [0.4, 0.5) is 5.69 Å². The lowest BCUT2D eigenvalue weighted by molar-refractivity contribution is -0.138. The molecule has 42 heavy (non-hydrogen) atoms. The monoisotopic (exact) mass is 593 g/mol. The fourth-order valence-corrected chi connectivity index (χ4v) is 6.82. The number of fused-ring (bicyclic) bond motifs is 1. The molecule has 0 fully saturated rings. The number of sulfonamides is 1. The second-order valence-corrected chi connectivity index (χ2v) is 11.5. The van der Waals surface area contributed by atoms with Gasteiger partial charge in [0, 0.05) is 37.5 Å². The smallest absolute Gasteiger partial charge is 0.274 e. The Morgan fingerprint density at radius 2 is 1.74 bits per heavy atom. The Morgan fingerprint density at radius 1 is 1.02 bits per heavy atom. The van der Waals surface area contributed by atoms with E-state index in [9.17, 15) is 23.3 Å². The molecule has 13 heteroatoms. The highest BCUT2D eigenvalue weighted by atomic mass is 32.2. The maximum atomic E-state index is 15.0. The number of likely N-dealkylation sites (N-methyl/N-ethyl adjacent to an activating group) is 2. The summed E-state index contributed by atoms with van der Waals surface area (Å²) in [7, 11) is 4.16. The molecule has 2 aromatic carbocycles. The molecule has 3 aromatic rings. The van der Waals surface area contributed by atoms with Gasteiger partial charge in [-0.05, 0) is 56.4 Å². The maximum Gasteiger partial charge on any atom is 0.274 e. The van der Waals surface area contributed by atoms with E-state index in [4.69, 9.17) is 14.2 Å². The zero-order valence-corrected chi connectivity index (χ0v) is 25.1. The van der Waals surface area contributed by atoms with Crippen LogP contribution < -0.4 is 18.5 Å². The van der Waals surface area contributed by atoms with Crippen molar-refractivity contribution in [2.75, 3.05) is 46.8 Å². The molecular weight excluding hydrogens is 562 g/mol. The van der Waals surface area contributed by atoms with E-state index in [0.29, 0.717) is 10.1 Å². The van der Waals surface area contributed by atoms with E-state index in [-0.39, 0.29) is 44.8 Å². The number of nitrogens with zero attached hydrogens (tertiary/aromatic N) is 5. The third-order valence-electron chi connectivity index (χ3n) is 7.38. The van der Waals surface area contributed by atoms with Crippen LogP contribution in [-0.4, -0.2) is 83.5 Å². The highest BCUT2D eigenvalue weighted by Gasteiger charge is 2.61. The number of anilines is 1. The van der Waals surface area contributed by atoms with Crippen LogP contribution >= 0.6 is 0 Å². The van der Waals surface area contributed by atoms with E-state index in [0.717, 1.165) is 0 Å². The zero-order chi connectivity index (χ0) is 31.0. The van der Waals surface area contributed by atoms with Gasteiger partial charge in [0.25, 0.3) is 15.9 Å². The molecule has 1 aliphatic rings. The van der Waals surface area contributed by atoms with Crippen molar-refractivity contribution in [2.45, 2.75) is 23.4 Å². The fourth-order valence-electron chi connectivity index (χ4n) is 5.22. The minimum absolute atomic E-state index is 0.000806. The zero-order valence-electron chi connectivity index (χ0n) is 24.3. The number of carbonyl (C=O) groups is 2. The van der Waals surface area contributed by atoms with Gasteiger partial charge in [-0.25, -0.2) is 17.7 Å². The predicted octanol–water partition coefficient (Wildman–Crippen LogP) is 2.37. The summed E-state index contributed by atoms with van der Waals surface area (Å²) in [5.74, 6) is -0.917.